The number of fused-ring (bicyclic) bond motifs is 1. The van der Waals surface area contributed by atoms with E-state index in [0.29, 0.717) is 5.82 Å². The van der Waals surface area contributed by atoms with Crippen molar-refractivity contribution in [2.45, 2.75) is 0 Å². The number of benzene rings is 1. The van der Waals surface area contributed by atoms with E-state index in [1.54, 1.807) is 0 Å². The highest BCUT2D eigenvalue weighted by molar-refractivity contribution is 7.04. The Morgan fingerprint density at radius 3 is 2.79 bits per heavy atom. The molecule has 2 rings (SSSR count). The number of hydrogen-bond donors (Lipinski definition) is 1. The fourth-order valence-corrected chi connectivity index (χ4v) is 1.45. The predicted molar refractivity (Wildman–Crippen MR) is 61.7 cm³/mol. The molecule has 3 nitrogen and oxygen atoms in total. The van der Waals surface area contributed by atoms with Gasteiger partial charge in [-0.1, -0.05) is 6.07 Å². The van der Waals surface area contributed by atoms with Crippen LogP contribution < -0.4 is 5.32 Å². The second-order valence-electron chi connectivity index (χ2n) is 2.94. The topological polar surface area (TPSA) is 37.3 Å². The van der Waals surface area contributed by atoms with Crippen molar-refractivity contribution < 1.29 is 0 Å². The molecule has 70 valence electrons. The van der Waals surface area contributed by atoms with Crippen LogP contribution >= 0.6 is 9.03 Å². The summed E-state index contributed by atoms with van der Waals surface area (Å²) in [5, 5.41) is 4.19. The number of nitrogens with one attached hydrogen (secondary N) is 1. The molecule has 0 amide bonds. The smallest absolute Gasteiger partial charge is 0.156 e. The predicted octanol–water partition coefficient (Wildman–Crippen LogP) is 3.23. The summed E-state index contributed by atoms with van der Waals surface area (Å²) in [5.74, 6) is 0.683. The lowest BCUT2D eigenvalue weighted by atomic mass is 10.2. The van der Waals surface area contributed by atoms with Gasteiger partial charge in [0.2, 0.25) is 0 Å². The molecule has 1 aromatic carbocycles. The van der Waals surface area contributed by atoms with Crippen LogP contribution in [-0.4, -0.2) is 12.0 Å². The van der Waals surface area contributed by atoms with Crippen molar-refractivity contribution in [3.63, 3.8) is 0 Å². The molecule has 0 spiro atoms. The quantitative estimate of drug-likeness (QED) is 0.761. The standard InChI is InChI=1S/C10H10N3P/c1-11-8-4-2-7-3-5-10(13-14)12-9(7)6-8/h2-6,11,14H,1H3. The molecule has 0 aliphatic heterocycles. The number of rotatable bonds is 2. The Morgan fingerprint density at radius 1 is 1.29 bits per heavy atom. The van der Waals surface area contributed by atoms with Crippen LogP contribution in [0.3, 0.4) is 0 Å². The van der Waals surface area contributed by atoms with E-state index in [1.165, 1.54) is 0 Å². The Labute approximate surface area is 84.5 Å². The van der Waals surface area contributed by atoms with Gasteiger partial charge in [-0.2, -0.15) is 0 Å². The lowest BCUT2D eigenvalue weighted by Gasteiger charge is -2.02. The molecule has 4 heteroatoms. The van der Waals surface area contributed by atoms with Crippen molar-refractivity contribution in [3.05, 3.63) is 30.3 Å². The highest BCUT2D eigenvalue weighted by Gasteiger charge is 1.97. The van der Waals surface area contributed by atoms with Crippen LogP contribution in [0.4, 0.5) is 11.5 Å². The van der Waals surface area contributed by atoms with Crippen LogP contribution in [0.2, 0.25) is 0 Å². The Kier molecular flexibility index (Phi) is 2.42. The molecule has 0 saturated heterocycles. The maximum Gasteiger partial charge on any atom is 0.156 e. The summed E-state index contributed by atoms with van der Waals surface area (Å²) in [4.78, 5) is 4.35. The summed E-state index contributed by atoms with van der Waals surface area (Å²) < 4.78 is 3.85. The van der Waals surface area contributed by atoms with Gasteiger partial charge >= 0.3 is 0 Å². The molecule has 14 heavy (non-hydrogen) atoms. The Morgan fingerprint density at radius 2 is 2.07 bits per heavy atom. The first kappa shape index (κ1) is 9.10. The molecule has 0 atom stereocenters. The number of pyridine rings is 1. The van der Waals surface area contributed by atoms with E-state index in [4.69, 9.17) is 0 Å². The zero-order valence-corrected chi connectivity index (χ0v) is 8.78. The lowest BCUT2D eigenvalue weighted by Crippen LogP contribution is -1.87. The van der Waals surface area contributed by atoms with Gasteiger partial charge in [-0.25, -0.2) is 9.73 Å². The average molecular weight is 203 g/mol. The van der Waals surface area contributed by atoms with Crippen LogP contribution in [-0.2, 0) is 0 Å². The van der Waals surface area contributed by atoms with Gasteiger partial charge in [-0.15, -0.1) is 0 Å². The number of anilines is 1. The van der Waals surface area contributed by atoms with Crippen LogP contribution in [0.25, 0.3) is 10.9 Å². The largest absolute Gasteiger partial charge is 0.388 e. The van der Waals surface area contributed by atoms with Crippen molar-refractivity contribution in [1.29, 1.82) is 0 Å². The van der Waals surface area contributed by atoms with Crippen molar-refractivity contribution in [2.24, 2.45) is 4.74 Å². The fraction of sp³-hybridized carbons (Fsp3) is 0.100. The first-order valence-electron chi connectivity index (χ1n) is 4.29. The third kappa shape index (κ3) is 1.59. The molecule has 0 aliphatic rings. The van der Waals surface area contributed by atoms with Gasteiger partial charge in [0.25, 0.3) is 0 Å². The number of aromatic nitrogens is 1. The van der Waals surface area contributed by atoms with E-state index in [0.717, 1.165) is 16.6 Å². The van der Waals surface area contributed by atoms with E-state index < -0.39 is 0 Å². The van der Waals surface area contributed by atoms with Gasteiger partial charge in [0, 0.05) is 18.1 Å². The zero-order chi connectivity index (χ0) is 9.97. The van der Waals surface area contributed by atoms with Gasteiger partial charge in [0.15, 0.2) is 5.82 Å². The van der Waals surface area contributed by atoms with Crippen LogP contribution in [0.5, 0.6) is 0 Å². The van der Waals surface area contributed by atoms with Crippen LogP contribution in [0, 0.1) is 0 Å². The molecular formula is C10H10N3P. The molecule has 1 N–H and O–H groups in total. The molecule has 0 saturated carbocycles. The minimum Gasteiger partial charge on any atom is -0.388 e. The molecule has 1 heterocycles. The second kappa shape index (κ2) is 3.72. The summed E-state index contributed by atoms with van der Waals surface area (Å²) in [6.07, 6.45) is 0. The molecule has 1 aromatic heterocycles. The molecule has 2 aromatic rings. The Balaban J connectivity index is 2.65. The fourth-order valence-electron chi connectivity index (χ4n) is 1.32. The van der Waals surface area contributed by atoms with Crippen LogP contribution in [0.15, 0.2) is 35.1 Å². The van der Waals surface area contributed by atoms with Crippen LogP contribution in [0.1, 0.15) is 0 Å². The lowest BCUT2D eigenvalue weighted by molar-refractivity contribution is 1.35. The van der Waals surface area contributed by atoms with Gasteiger partial charge < -0.3 is 5.32 Å². The maximum atomic E-state index is 4.35. The molecular weight excluding hydrogens is 193 g/mol. The SMILES string of the molecule is CNc1ccc2ccc(N=P)nc2c1. The molecule has 0 aliphatic carbocycles. The summed E-state index contributed by atoms with van der Waals surface area (Å²) in [6.45, 7) is 0. The van der Waals surface area contributed by atoms with E-state index in [9.17, 15) is 0 Å². The molecule has 0 bridgehead atoms. The summed E-state index contributed by atoms with van der Waals surface area (Å²) in [6, 6.07) is 9.92. The summed E-state index contributed by atoms with van der Waals surface area (Å²) in [7, 11) is 4.96. The normalized spacial score (nSPS) is 10.1. The van der Waals surface area contributed by atoms with Gasteiger partial charge in [-0.05, 0) is 33.3 Å². The summed E-state index contributed by atoms with van der Waals surface area (Å²) in [5.41, 5.74) is 1.99. The van der Waals surface area contributed by atoms with E-state index in [2.05, 4.69) is 24.1 Å². The Hall–Kier alpha value is -1.47. The highest BCUT2D eigenvalue weighted by Crippen LogP contribution is 2.20. The average Bonchev–Trinajstić information content (AvgIpc) is 2.27. The summed E-state index contributed by atoms with van der Waals surface area (Å²) >= 11 is 0. The number of nitrogens with zero attached hydrogens (tertiary/aromatic N) is 2. The van der Waals surface area contributed by atoms with Crippen molar-refractivity contribution in [2.75, 3.05) is 12.4 Å². The van der Waals surface area contributed by atoms with Crippen molar-refractivity contribution in [3.8, 4) is 0 Å². The molecule has 0 fully saturated rings. The zero-order valence-electron chi connectivity index (χ0n) is 7.78. The van der Waals surface area contributed by atoms with E-state index >= 15 is 0 Å². The minimum absolute atomic E-state index is 0.683. The maximum absolute atomic E-state index is 4.35. The third-order valence-electron chi connectivity index (χ3n) is 2.08. The minimum atomic E-state index is 0.683. The molecule has 0 unspecified atom stereocenters. The van der Waals surface area contributed by atoms with E-state index in [1.807, 2.05) is 37.4 Å². The van der Waals surface area contributed by atoms with Crippen molar-refractivity contribution in [1.82, 2.24) is 4.98 Å². The Bertz CT molecular complexity index is 482. The van der Waals surface area contributed by atoms with E-state index in [-0.39, 0.29) is 0 Å². The first-order chi connectivity index (χ1) is 6.83. The van der Waals surface area contributed by atoms with Gasteiger partial charge in [0.1, 0.15) is 0 Å². The van der Waals surface area contributed by atoms with Gasteiger partial charge in [0.05, 0.1) is 5.52 Å². The first-order valence-corrected chi connectivity index (χ1v) is 4.74. The molecule has 0 radical (unpaired) electrons. The second-order valence-corrected chi connectivity index (χ2v) is 3.16. The number of hydrogen-bond acceptors (Lipinski definition) is 3. The third-order valence-corrected chi connectivity index (χ3v) is 2.31. The van der Waals surface area contributed by atoms with Gasteiger partial charge in [-0.3, -0.25) is 0 Å². The highest BCUT2D eigenvalue weighted by atomic mass is 31.0. The monoisotopic (exact) mass is 203 g/mol. The van der Waals surface area contributed by atoms with Crippen molar-refractivity contribution >= 4 is 31.4 Å².